The van der Waals surface area contributed by atoms with E-state index in [2.05, 4.69) is 8.75 Å². The molecule has 0 bridgehead atoms. The molecule has 1 aromatic carbocycles. The molecule has 0 amide bonds. The lowest BCUT2D eigenvalue weighted by Gasteiger charge is -2.09. The minimum Gasteiger partial charge on any atom is -0.386 e. The summed E-state index contributed by atoms with van der Waals surface area (Å²) in [5, 5.41) is 10.6. The molecule has 1 heterocycles. The Kier molecular flexibility index (Phi) is 3.53. The van der Waals surface area contributed by atoms with Crippen molar-refractivity contribution >= 4 is 23.3 Å². The summed E-state index contributed by atoms with van der Waals surface area (Å²) >= 11 is 7.18. The van der Waals surface area contributed by atoms with Crippen molar-refractivity contribution in [3.8, 4) is 0 Å². The molecule has 1 aromatic heterocycles. The third-order valence-electron chi connectivity index (χ3n) is 2.34. The topological polar surface area (TPSA) is 46.0 Å². The molecule has 0 aliphatic carbocycles. The van der Waals surface area contributed by atoms with Crippen LogP contribution in [0.15, 0.2) is 24.4 Å². The molecule has 5 heteroatoms. The predicted molar refractivity (Wildman–Crippen MR) is 64.8 cm³/mol. The summed E-state index contributed by atoms with van der Waals surface area (Å²) in [4.78, 5) is 0. The van der Waals surface area contributed by atoms with Gasteiger partial charge in [-0.05, 0) is 24.1 Å². The lowest BCUT2D eigenvalue weighted by atomic mass is 10.0. The number of halogens is 1. The summed E-state index contributed by atoms with van der Waals surface area (Å²) in [6, 6.07) is 5.80. The monoisotopic (exact) mass is 254 g/mol. The number of hydrogen-bond donors (Lipinski definition) is 1. The Hall–Kier alpha value is -0.970. The average Bonchev–Trinajstić information content (AvgIpc) is 2.75. The van der Waals surface area contributed by atoms with Gasteiger partial charge < -0.3 is 5.11 Å². The van der Waals surface area contributed by atoms with Gasteiger partial charge in [-0.3, -0.25) is 0 Å². The van der Waals surface area contributed by atoms with E-state index in [9.17, 15) is 5.11 Å². The fourth-order valence-electron chi connectivity index (χ4n) is 1.45. The molecular weight excluding hydrogens is 244 g/mol. The fourth-order valence-corrected chi connectivity index (χ4v) is 2.23. The van der Waals surface area contributed by atoms with Gasteiger partial charge in [-0.25, -0.2) is 0 Å². The van der Waals surface area contributed by atoms with Gasteiger partial charge in [0.15, 0.2) is 0 Å². The van der Waals surface area contributed by atoms with Crippen LogP contribution in [0.4, 0.5) is 0 Å². The maximum atomic E-state index is 9.90. The highest BCUT2D eigenvalue weighted by molar-refractivity contribution is 6.99. The molecule has 2 rings (SSSR count). The number of aryl methyl sites for hydroxylation is 1. The highest BCUT2D eigenvalue weighted by Gasteiger charge is 2.13. The van der Waals surface area contributed by atoms with Crippen LogP contribution < -0.4 is 0 Å². The molecule has 1 atom stereocenters. The third kappa shape index (κ3) is 2.58. The lowest BCUT2D eigenvalue weighted by molar-refractivity contribution is 0.174. The van der Waals surface area contributed by atoms with E-state index >= 15 is 0 Å². The van der Waals surface area contributed by atoms with Gasteiger partial charge >= 0.3 is 0 Å². The molecule has 84 valence electrons. The minimum atomic E-state index is -0.640. The second kappa shape index (κ2) is 4.91. The Morgan fingerprint density at radius 2 is 2.31 bits per heavy atom. The van der Waals surface area contributed by atoms with Crippen molar-refractivity contribution in [2.75, 3.05) is 0 Å². The van der Waals surface area contributed by atoms with Gasteiger partial charge in [0, 0.05) is 11.4 Å². The van der Waals surface area contributed by atoms with Crippen LogP contribution in [0.3, 0.4) is 0 Å². The zero-order valence-corrected chi connectivity index (χ0v) is 10.3. The van der Waals surface area contributed by atoms with E-state index in [1.807, 2.05) is 25.1 Å². The second-order valence-corrected chi connectivity index (χ2v) is 4.61. The first-order chi connectivity index (χ1) is 7.66. The number of nitrogens with zero attached hydrogens (tertiary/aromatic N) is 2. The van der Waals surface area contributed by atoms with Crippen molar-refractivity contribution in [1.82, 2.24) is 8.75 Å². The molecular formula is C11H11ClN2OS. The van der Waals surface area contributed by atoms with E-state index in [-0.39, 0.29) is 0 Å². The third-order valence-corrected chi connectivity index (χ3v) is 3.19. The Balaban J connectivity index is 2.15. The summed E-state index contributed by atoms with van der Waals surface area (Å²) in [7, 11) is 0. The molecule has 0 radical (unpaired) electrons. The number of rotatable bonds is 3. The Morgan fingerprint density at radius 3 is 2.94 bits per heavy atom. The molecule has 16 heavy (non-hydrogen) atoms. The van der Waals surface area contributed by atoms with Crippen LogP contribution in [0.2, 0.25) is 5.02 Å². The van der Waals surface area contributed by atoms with Crippen LogP contribution in [0.1, 0.15) is 22.9 Å². The predicted octanol–water partition coefficient (Wildman–Crippen LogP) is 2.78. The van der Waals surface area contributed by atoms with Crippen LogP contribution >= 0.6 is 23.3 Å². The zero-order valence-electron chi connectivity index (χ0n) is 8.72. The Morgan fingerprint density at radius 1 is 1.50 bits per heavy atom. The van der Waals surface area contributed by atoms with Gasteiger partial charge in [0.05, 0.1) is 17.9 Å². The van der Waals surface area contributed by atoms with E-state index < -0.39 is 6.10 Å². The van der Waals surface area contributed by atoms with E-state index in [1.165, 1.54) is 0 Å². The number of aromatic nitrogens is 2. The van der Waals surface area contributed by atoms with Crippen LogP contribution in [0.25, 0.3) is 0 Å². The highest BCUT2D eigenvalue weighted by Crippen LogP contribution is 2.23. The van der Waals surface area contributed by atoms with E-state index in [0.29, 0.717) is 17.1 Å². The van der Waals surface area contributed by atoms with Crippen molar-refractivity contribution in [1.29, 1.82) is 0 Å². The molecule has 2 aromatic rings. The Bertz CT molecular complexity index is 473. The summed E-state index contributed by atoms with van der Waals surface area (Å²) in [6.07, 6.45) is 1.40. The van der Waals surface area contributed by atoms with Gasteiger partial charge in [0.1, 0.15) is 11.8 Å². The summed E-state index contributed by atoms with van der Waals surface area (Å²) in [5.74, 6) is 0. The van der Waals surface area contributed by atoms with Gasteiger partial charge in [-0.15, -0.1) is 0 Å². The maximum absolute atomic E-state index is 9.90. The maximum Gasteiger partial charge on any atom is 0.103 e. The van der Waals surface area contributed by atoms with Crippen molar-refractivity contribution in [3.63, 3.8) is 0 Å². The molecule has 0 fully saturated rings. The largest absolute Gasteiger partial charge is 0.386 e. The number of aliphatic hydroxyl groups excluding tert-OH is 1. The van der Waals surface area contributed by atoms with E-state index in [1.54, 1.807) is 6.20 Å². The first-order valence-corrected chi connectivity index (χ1v) is 5.98. The van der Waals surface area contributed by atoms with Crippen LogP contribution in [-0.2, 0) is 6.42 Å². The molecule has 1 N–H and O–H groups in total. The van der Waals surface area contributed by atoms with E-state index in [0.717, 1.165) is 22.9 Å². The lowest BCUT2D eigenvalue weighted by Crippen LogP contribution is -2.02. The fraction of sp³-hybridized carbons (Fsp3) is 0.273. The van der Waals surface area contributed by atoms with Crippen LogP contribution in [0, 0.1) is 6.92 Å². The molecule has 3 nitrogen and oxygen atoms in total. The number of hydrogen-bond acceptors (Lipinski definition) is 4. The zero-order chi connectivity index (χ0) is 11.5. The molecule has 0 spiro atoms. The van der Waals surface area contributed by atoms with Crippen molar-refractivity contribution in [2.45, 2.75) is 19.4 Å². The summed E-state index contributed by atoms with van der Waals surface area (Å²) < 4.78 is 7.86. The van der Waals surface area contributed by atoms with Gasteiger partial charge in [-0.2, -0.15) is 8.75 Å². The second-order valence-electron chi connectivity index (χ2n) is 3.65. The molecule has 0 saturated carbocycles. The first kappa shape index (κ1) is 11.5. The van der Waals surface area contributed by atoms with Crippen molar-refractivity contribution in [2.24, 2.45) is 0 Å². The summed E-state index contributed by atoms with van der Waals surface area (Å²) in [6.45, 7) is 1.98. The number of benzene rings is 1. The molecule has 0 saturated heterocycles. The van der Waals surface area contributed by atoms with Crippen molar-refractivity contribution < 1.29 is 5.11 Å². The quantitative estimate of drug-likeness (QED) is 0.916. The smallest absolute Gasteiger partial charge is 0.103 e. The first-order valence-electron chi connectivity index (χ1n) is 4.87. The van der Waals surface area contributed by atoms with Gasteiger partial charge in [-0.1, -0.05) is 23.7 Å². The number of aliphatic hydroxyl groups is 1. The van der Waals surface area contributed by atoms with E-state index in [4.69, 9.17) is 11.6 Å². The highest BCUT2D eigenvalue weighted by atomic mass is 35.5. The summed E-state index contributed by atoms with van der Waals surface area (Å²) in [5.41, 5.74) is 2.63. The SMILES string of the molecule is Cc1ccc(CC(O)c2cnsn2)c(Cl)c1. The van der Waals surface area contributed by atoms with Gasteiger partial charge in [0.2, 0.25) is 0 Å². The molecule has 0 aliphatic rings. The molecule has 0 aliphatic heterocycles. The standard InChI is InChI=1S/C11H11ClN2OS/c1-7-2-3-8(9(12)4-7)5-11(15)10-6-13-16-14-10/h2-4,6,11,15H,5H2,1H3. The Labute approximate surface area is 103 Å². The van der Waals surface area contributed by atoms with Crippen molar-refractivity contribution in [3.05, 3.63) is 46.2 Å². The van der Waals surface area contributed by atoms with Gasteiger partial charge in [0.25, 0.3) is 0 Å². The molecule has 1 unspecified atom stereocenters. The normalized spacial score (nSPS) is 12.7. The van der Waals surface area contributed by atoms with Crippen LogP contribution in [0.5, 0.6) is 0 Å². The minimum absolute atomic E-state index is 0.463. The van der Waals surface area contributed by atoms with Crippen LogP contribution in [-0.4, -0.2) is 13.9 Å². The average molecular weight is 255 g/mol.